The second-order valence-electron chi connectivity index (χ2n) is 5.06. The molecule has 0 aliphatic heterocycles. The monoisotopic (exact) mass is 267 g/mol. The van der Waals surface area contributed by atoms with E-state index in [0.717, 1.165) is 18.2 Å². The maximum Gasteiger partial charge on any atom is 0.227 e. The molecule has 2 atom stereocenters. The van der Waals surface area contributed by atoms with Gasteiger partial charge in [0, 0.05) is 17.9 Å². The number of carbonyl (C=O) groups is 1. The summed E-state index contributed by atoms with van der Waals surface area (Å²) < 4.78 is 22.9. The fourth-order valence-electron chi connectivity index (χ4n) is 1.88. The van der Waals surface area contributed by atoms with Crippen LogP contribution in [0.4, 0.5) is 5.69 Å². The molecule has 1 fully saturated rings. The number of amides is 1. The van der Waals surface area contributed by atoms with Gasteiger partial charge in [-0.2, -0.15) is 0 Å². The Labute approximate surface area is 107 Å². The van der Waals surface area contributed by atoms with Crippen LogP contribution in [0.1, 0.15) is 18.9 Å². The van der Waals surface area contributed by atoms with Crippen molar-refractivity contribution in [1.29, 1.82) is 0 Å². The fourth-order valence-corrected chi connectivity index (χ4v) is 2.53. The summed E-state index contributed by atoms with van der Waals surface area (Å²) in [4.78, 5) is 12.1. The number of aryl methyl sites for hydroxylation is 1. The summed E-state index contributed by atoms with van der Waals surface area (Å²) in [7, 11) is -3.24. The van der Waals surface area contributed by atoms with E-state index in [1.165, 1.54) is 6.07 Å². The third-order valence-corrected chi connectivity index (χ3v) is 4.45. The molecule has 0 spiro atoms. The fraction of sp³-hybridized carbons (Fsp3) is 0.462. The van der Waals surface area contributed by atoms with E-state index in [1.807, 2.05) is 13.8 Å². The molecule has 1 aromatic rings. The SMILES string of the molecule is Cc1ccc(S(C)(=O)=O)cc1NC(=O)[C@H]1C[C@@H]1C. The Bertz CT molecular complexity index is 592. The minimum absolute atomic E-state index is 0.0174. The largest absolute Gasteiger partial charge is 0.326 e. The summed E-state index contributed by atoms with van der Waals surface area (Å²) in [5, 5.41) is 2.81. The molecule has 18 heavy (non-hydrogen) atoms. The molecule has 0 unspecified atom stereocenters. The number of carbonyl (C=O) groups excluding carboxylic acids is 1. The van der Waals surface area contributed by atoms with Gasteiger partial charge in [0.1, 0.15) is 0 Å². The van der Waals surface area contributed by atoms with Crippen LogP contribution < -0.4 is 5.32 Å². The van der Waals surface area contributed by atoms with Crippen molar-refractivity contribution in [3.63, 3.8) is 0 Å². The first kappa shape index (κ1) is 13.1. The molecule has 0 radical (unpaired) electrons. The first-order valence-electron chi connectivity index (χ1n) is 5.90. The van der Waals surface area contributed by atoms with Crippen molar-refractivity contribution < 1.29 is 13.2 Å². The molecule has 1 aliphatic rings. The minimum atomic E-state index is -3.24. The van der Waals surface area contributed by atoms with Crippen LogP contribution in [0.5, 0.6) is 0 Å². The first-order valence-corrected chi connectivity index (χ1v) is 7.80. The van der Waals surface area contributed by atoms with Crippen molar-refractivity contribution in [3.8, 4) is 0 Å². The Hall–Kier alpha value is -1.36. The molecule has 0 saturated heterocycles. The molecule has 98 valence electrons. The van der Waals surface area contributed by atoms with Gasteiger partial charge in [-0.1, -0.05) is 13.0 Å². The average Bonchev–Trinajstić information content (AvgIpc) is 2.97. The quantitative estimate of drug-likeness (QED) is 0.911. The second-order valence-corrected chi connectivity index (χ2v) is 7.07. The number of benzene rings is 1. The Balaban J connectivity index is 2.24. The van der Waals surface area contributed by atoms with E-state index in [4.69, 9.17) is 0 Å². The zero-order valence-electron chi connectivity index (χ0n) is 10.7. The van der Waals surface area contributed by atoms with Crippen LogP contribution >= 0.6 is 0 Å². The molecule has 4 nitrogen and oxygen atoms in total. The number of anilines is 1. The van der Waals surface area contributed by atoms with Gasteiger partial charge < -0.3 is 5.32 Å². The normalized spacial score (nSPS) is 22.6. The van der Waals surface area contributed by atoms with Crippen LogP contribution in [0.2, 0.25) is 0 Å². The summed E-state index contributed by atoms with van der Waals surface area (Å²) in [6.07, 6.45) is 2.07. The van der Waals surface area contributed by atoms with E-state index in [9.17, 15) is 13.2 Å². The van der Waals surface area contributed by atoms with Gasteiger partial charge in [-0.15, -0.1) is 0 Å². The van der Waals surface area contributed by atoms with Crippen molar-refractivity contribution in [1.82, 2.24) is 0 Å². The number of hydrogen-bond acceptors (Lipinski definition) is 3. The summed E-state index contributed by atoms with van der Waals surface area (Å²) in [6, 6.07) is 4.79. The highest BCUT2D eigenvalue weighted by molar-refractivity contribution is 7.90. The highest BCUT2D eigenvalue weighted by Gasteiger charge is 2.39. The molecule has 0 bridgehead atoms. The molecule has 1 amide bonds. The zero-order valence-corrected chi connectivity index (χ0v) is 11.5. The Morgan fingerprint density at radius 2 is 2.00 bits per heavy atom. The van der Waals surface area contributed by atoms with E-state index in [-0.39, 0.29) is 16.7 Å². The van der Waals surface area contributed by atoms with Gasteiger partial charge in [-0.3, -0.25) is 4.79 Å². The Morgan fingerprint density at radius 1 is 1.39 bits per heavy atom. The van der Waals surface area contributed by atoms with Gasteiger partial charge in [-0.05, 0) is 37.0 Å². The summed E-state index contributed by atoms with van der Waals surface area (Å²) >= 11 is 0. The lowest BCUT2D eigenvalue weighted by Gasteiger charge is -2.09. The maximum absolute atomic E-state index is 11.8. The average molecular weight is 267 g/mol. The second kappa shape index (κ2) is 4.39. The van der Waals surface area contributed by atoms with E-state index in [2.05, 4.69) is 5.32 Å². The molecule has 0 heterocycles. The topological polar surface area (TPSA) is 63.2 Å². The van der Waals surface area contributed by atoms with Crippen molar-refractivity contribution in [2.24, 2.45) is 11.8 Å². The van der Waals surface area contributed by atoms with Crippen molar-refractivity contribution in [3.05, 3.63) is 23.8 Å². The predicted octanol–water partition coefficient (Wildman–Crippen LogP) is 1.99. The molecule has 0 aromatic heterocycles. The number of nitrogens with one attached hydrogen (secondary N) is 1. The van der Waals surface area contributed by atoms with E-state index >= 15 is 0 Å². The highest BCUT2D eigenvalue weighted by atomic mass is 32.2. The number of sulfone groups is 1. The lowest BCUT2D eigenvalue weighted by molar-refractivity contribution is -0.117. The van der Waals surface area contributed by atoms with Crippen LogP contribution in [0.25, 0.3) is 0 Å². The van der Waals surface area contributed by atoms with Crippen molar-refractivity contribution in [2.45, 2.75) is 25.2 Å². The van der Waals surface area contributed by atoms with Crippen LogP contribution in [-0.2, 0) is 14.6 Å². The Kier molecular flexibility index (Phi) is 3.19. The lowest BCUT2D eigenvalue weighted by Crippen LogP contribution is -2.15. The van der Waals surface area contributed by atoms with Gasteiger partial charge >= 0.3 is 0 Å². The van der Waals surface area contributed by atoms with Crippen LogP contribution in [-0.4, -0.2) is 20.6 Å². The van der Waals surface area contributed by atoms with Crippen LogP contribution in [0, 0.1) is 18.8 Å². The predicted molar refractivity (Wildman–Crippen MR) is 70.2 cm³/mol. The molecular formula is C13H17NO3S. The van der Waals surface area contributed by atoms with Crippen LogP contribution in [0.15, 0.2) is 23.1 Å². The van der Waals surface area contributed by atoms with Gasteiger partial charge in [-0.25, -0.2) is 8.42 Å². The molecule has 1 N–H and O–H groups in total. The van der Waals surface area contributed by atoms with Gasteiger partial charge in [0.25, 0.3) is 0 Å². The summed E-state index contributed by atoms with van der Waals surface area (Å²) in [6.45, 7) is 3.88. The number of hydrogen-bond donors (Lipinski definition) is 1. The van der Waals surface area contributed by atoms with Crippen molar-refractivity contribution in [2.75, 3.05) is 11.6 Å². The third-order valence-electron chi connectivity index (χ3n) is 3.34. The van der Waals surface area contributed by atoms with Gasteiger partial charge in [0.2, 0.25) is 5.91 Å². The maximum atomic E-state index is 11.8. The molecule has 2 rings (SSSR count). The highest BCUT2D eigenvalue weighted by Crippen LogP contribution is 2.38. The van der Waals surface area contributed by atoms with Gasteiger partial charge in [0.15, 0.2) is 9.84 Å². The third kappa shape index (κ3) is 2.72. The van der Waals surface area contributed by atoms with E-state index in [1.54, 1.807) is 12.1 Å². The molecular weight excluding hydrogens is 250 g/mol. The van der Waals surface area contributed by atoms with Crippen LogP contribution in [0.3, 0.4) is 0 Å². The van der Waals surface area contributed by atoms with Crippen molar-refractivity contribution >= 4 is 21.4 Å². The zero-order chi connectivity index (χ0) is 13.5. The lowest BCUT2D eigenvalue weighted by atomic mass is 10.2. The Morgan fingerprint density at radius 3 is 2.50 bits per heavy atom. The molecule has 1 saturated carbocycles. The standard InChI is InChI=1S/C13H17NO3S/c1-8-4-5-10(18(3,16)17)7-12(8)14-13(15)11-6-9(11)2/h4-5,7,9,11H,6H2,1-3H3,(H,14,15)/t9-,11-/m0/s1. The summed E-state index contributed by atoms with van der Waals surface area (Å²) in [5.74, 6) is 0.492. The smallest absolute Gasteiger partial charge is 0.227 e. The van der Waals surface area contributed by atoms with E-state index < -0.39 is 9.84 Å². The molecule has 5 heteroatoms. The first-order chi connectivity index (χ1) is 8.29. The van der Waals surface area contributed by atoms with E-state index in [0.29, 0.717) is 11.6 Å². The number of rotatable bonds is 3. The molecule has 1 aromatic carbocycles. The van der Waals surface area contributed by atoms with Gasteiger partial charge in [0.05, 0.1) is 4.90 Å². The summed E-state index contributed by atoms with van der Waals surface area (Å²) in [5.41, 5.74) is 1.45. The minimum Gasteiger partial charge on any atom is -0.326 e. The molecule has 1 aliphatic carbocycles.